The van der Waals surface area contributed by atoms with Crippen LogP contribution in [0.2, 0.25) is 0 Å². The number of aliphatic hydroxyl groups is 1. The van der Waals surface area contributed by atoms with Crippen LogP contribution in [-0.4, -0.2) is 16.6 Å². The van der Waals surface area contributed by atoms with Crippen LogP contribution in [0, 0.1) is 15.9 Å². The van der Waals surface area contributed by atoms with E-state index in [1.165, 1.54) is 6.07 Å². The fourth-order valence-electron chi connectivity index (χ4n) is 1.80. The van der Waals surface area contributed by atoms with E-state index in [9.17, 15) is 14.5 Å². The molecule has 0 aliphatic carbocycles. The Morgan fingerprint density at radius 1 is 1.20 bits per heavy atom. The van der Waals surface area contributed by atoms with Crippen molar-refractivity contribution in [1.82, 2.24) is 0 Å². The van der Waals surface area contributed by atoms with Gasteiger partial charge < -0.3 is 10.4 Å². The van der Waals surface area contributed by atoms with E-state index < -0.39 is 10.7 Å². The minimum absolute atomic E-state index is 0.0657. The lowest BCUT2D eigenvalue weighted by atomic mass is 10.1. The van der Waals surface area contributed by atoms with Crippen molar-refractivity contribution in [2.75, 3.05) is 11.9 Å². The normalized spacial score (nSPS) is 10.3. The van der Waals surface area contributed by atoms with Crippen molar-refractivity contribution >= 4 is 17.1 Å². The van der Waals surface area contributed by atoms with E-state index in [0.717, 1.165) is 17.7 Å². The van der Waals surface area contributed by atoms with Gasteiger partial charge in [-0.25, -0.2) is 4.39 Å². The zero-order valence-corrected chi connectivity index (χ0v) is 10.5. The fraction of sp³-hybridized carbons (Fsp3) is 0.143. The maximum Gasteiger partial charge on any atom is 0.295 e. The molecule has 0 aliphatic rings. The highest BCUT2D eigenvalue weighted by molar-refractivity contribution is 5.69. The monoisotopic (exact) mass is 276 g/mol. The van der Waals surface area contributed by atoms with Gasteiger partial charge in [-0.2, -0.15) is 0 Å². The van der Waals surface area contributed by atoms with E-state index in [1.54, 1.807) is 12.1 Å². The molecule has 0 saturated carbocycles. The Kier molecular flexibility index (Phi) is 4.27. The summed E-state index contributed by atoms with van der Waals surface area (Å²) in [6, 6.07) is 10.5. The van der Waals surface area contributed by atoms with Crippen molar-refractivity contribution in [2.24, 2.45) is 0 Å². The van der Waals surface area contributed by atoms with Gasteiger partial charge in [-0.15, -0.1) is 0 Å². The summed E-state index contributed by atoms with van der Waals surface area (Å²) >= 11 is 0. The first kappa shape index (κ1) is 14.0. The molecule has 2 rings (SSSR count). The van der Waals surface area contributed by atoms with Gasteiger partial charge in [0, 0.05) is 12.3 Å². The molecule has 2 aromatic carbocycles. The Bertz CT molecular complexity index is 614. The molecule has 0 atom stereocenters. The number of nitrogens with one attached hydrogen (secondary N) is 1. The third-order valence-corrected chi connectivity index (χ3v) is 2.79. The highest BCUT2D eigenvalue weighted by atomic mass is 19.1. The first-order valence-electron chi connectivity index (χ1n) is 6.01. The molecule has 0 amide bonds. The number of hydrogen-bond acceptors (Lipinski definition) is 4. The number of halogens is 1. The number of nitro groups is 1. The third-order valence-electron chi connectivity index (χ3n) is 2.79. The summed E-state index contributed by atoms with van der Waals surface area (Å²) in [4.78, 5) is 10.2. The van der Waals surface area contributed by atoms with Gasteiger partial charge in [0.05, 0.1) is 11.0 Å². The van der Waals surface area contributed by atoms with E-state index in [1.807, 2.05) is 12.1 Å². The molecule has 0 unspecified atom stereocenters. The van der Waals surface area contributed by atoms with Crippen molar-refractivity contribution in [1.29, 1.82) is 0 Å². The number of hydrogen-bond donors (Lipinski definition) is 2. The molecule has 2 aromatic rings. The van der Waals surface area contributed by atoms with Gasteiger partial charge in [0.2, 0.25) is 0 Å². The Morgan fingerprint density at radius 3 is 2.50 bits per heavy atom. The molecule has 6 heteroatoms. The number of nitro benzene ring substituents is 1. The summed E-state index contributed by atoms with van der Waals surface area (Å²) in [7, 11) is 0. The SMILES string of the molecule is O=[N+]([O-])c1cc(F)ccc1Nc1ccc(CCO)cc1. The van der Waals surface area contributed by atoms with E-state index in [2.05, 4.69) is 5.32 Å². The van der Waals surface area contributed by atoms with Crippen LogP contribution in [-0.2, 0) is 6.42 Å². The fourth-order valence-corrected chi connectivity index (χ4v) is 1.80. The van der Waals surface area contributed by atoms with Gasteiger partial charge in [0.25, 0.3) is 5.69 Å². The topological polar surface area (TPSA) is 75.4 Å². The molecule has 0 bridgehead atoms. The zero-order valence-electron chi connectivity index (χ0n) is 10.5. The van der Waals surface area contributed by atoms with Crippen LogP contribution >= 0.6 is 0 Å². The maximum atomic E-state index is 13.0. The number of nitrogens with zero attached hydrogens (tertiary/aromatic N) is 1. The molecule has 0 aromatic heterocycles. The summed E-state index contributed by atoms with van der Waals surface area (Å²) < 4.78 is 13.0. The van der Waals surface area contributed by atoms with Crippen LogP contribution in [0.5, 0.6) is 0 Å². The highest BCUT2D eigenvalue weighted by Gasteiger charge is 2.14. The smallest absolute Gasteiger partial charge is 0.295 e. The minimum atomic E-state index is -0.652. The number of anilines is 2. The zero-order chi connectivity index (χ0) is 14.5. The molecule has 0 heterocycles. The third kappa shape index (κ3) is 3.30. The number of rotatable bonds is 5. The van der Waals surface area contributed by atoms with E-state index in [0.29, 0.717) is 12.1 Å². The molecule has 20 heavy (non-hydrogen) atoms. The summed E-state index contributed by atoms with van der Waals surface area (Å²) in [6.07, 6.45) is 0.553. The van der Waals surface area contributed by atoms with Crippen LogP contribution < -0.4 is 5.32 Å². The van der Waals surface area contributed by atoms with Crippen LogP contribution in [0.25, 0.3) is 0 Å². The molecular weight excluding hydrogens is 263 g/mol. The van der Waals surface area contributed by atoms with Gasteiger partial charge in [-0.05, 0) is 36.2 Å². The standard InChI is InChI=1S/C14H13FN2O3/c15-11-3-6-13(14(9-11)17(19)20)16-12-4-1-10(2-5-12)7-8-18/h1-6,9,16,18H,7-8H2. The van der Waals surface area contributed by atoms with Gasteiger partial charge in [-0.3, -0.25) is 10.1 Å². The van der Waals surface area contributed by atoms with Gasteiger partial charge in [-0.1, -0.05) is 12.1 Å². The van der Waals surface area contributed by atoms with Crippen LogP contribution in [0.15, 0.2) is 42.5 Å². The van der Waals surface area contributed by atoms with E-state index in [-0.39, 0.29) is 18.0 Å². The number of aliphatic hydroxyl groups excluding tert-OH is 1. The summed E-state index contributed by atoms with van der Waals surface area (Å²) in [5.74, 6) is -0.652. The average molecular weight is 276 g/mol. The van der Waals surface area contributed by atoms with Crippen LogP contribution in [0.4, 0.5) is 21.5 Å². The summed E-state index contributed by atoms with van der Waals surface area (Å²) in [6.45, 7) is 0.0657. The van der Waals surface area contributed by atoms with Crippen LogP contribution in [0.3, 0.4) is 0 Å². The van der Waals surface area contributed by atoms with Crippen molar-refractivity contribution < 1.29 is 14.4 Å². The van der Waals surface area contributed by atoms with Gasteiger partial charge in [0.15, 0.2) is 0 Å². The lowest BCUT2D eigenvalue weighted by Gasteiger charge is -2.08. The second kappa shape index (κ2) is 6.12. The summed E-state index contributed by atoms with van der Waals surface area (Å²) in [5.41, 5.74) is 1.53. The van der Waals surface area contributed by atoms with Crippen LogP contribution in [0.1, 0.15) is 5.56 Å². The molecule has 0 aliphatic heterocycles. The number of benzene rings is 2. The highest BCUT2D eigenvalue weighted by Crippen LogP contribution is 2.28. The van der Waals surface area contributed by atoms with Gasteiger partial charge >= 0.3 is 0 Å². The molecule has 2 N–H and O–H groups in total. The Hall–Kier alpha value is -2.47. The van der Waals surface area contributed by atoms with Crippen molar-refractivity contribution in [3.63, 3.8) is 0 Å². The molecule has 0 saturated heterocycles. The van der Waals surface area contributed by atoms with Crippen molar-refractivity contribution in [3.05, 3.63) is 64.0 Å². The summed E-state index contributed by atoms with van der Waals surface area (Å²) in [5, 5.41) is 22.6. The van der Waals surface area contributed by atoms with E-state index >= 15 is 0 Å². The first-order valence-corrected chi connectivity index (χ1v) is 6.01. The first-order chi connectivity index (χ1) is 9.60. The molecule has 0 fully saturated rings. The van der Waals surface area contributed by atoms with Crippen molar-refractivity contribution in [2.45, 2.75) is 6.42 Å². The Balaban J connectivity index is 2.23. The lowest BCUT2D eigenvalue weighted by molar-refractivity contribution is -0.384. The predicted molar refractivity (Wildman–Crippen MR) is 73.6 cm³/mol. The Morgan fingerprint density at radius 2 is 1.90 bits per heavy atom. The van der Waals surface area contributed by atoms with E-state index in [4.69, 9.17) is 5.11 Å². The molecule has 5 nitrogen and oxygen atoms in total. The largest absolute Gasteiger partial charge is 0.396 e. The quantitative estimate of drug-likeness (QED) is 0.650. The molecular formula is C14H13FN2O3. The molecule has 0 spiro atoms. The Labute approximate surface area is 114 Å². The second-order valence-corrected chi connectivity index (χ2v) is 4.21. The van der Waals surface area contributed by atoms with Crippen molar-refractivity contribution in [3.8, 4) is 0 Å². The lowest BCUT2D eigenvalue weighted by Crippen LogP contribution is -1.98. The minimum Gasteiger partial charge on any atom is -0.396 e. The molecule has 104 valence electrons. The second-order valence-electron chi connectivity index (χ2n) is 4.21. The van der Waals surface area contributed by atoms with Gasteiger partial charge in [0.1, 0.15) is 11.5 Å². The maximum absolute atomic E-state index is 13.0. The predicted octanol–water partition coefficient (Wildman–Crippen LogP) is 3.01. The average Bonchev–Trinajstić information content (AvgIpc) is 2.43. The molecule has 0 radical (unpaired) electrons.